The van der Waals surface area contributed by atoms with Gasteiger partial charge < -0.3 is 19.5 Å². The average Bonchev–Trinajstić information content (AvgIpc) is 3.51. The molecule has 1 aliphatic heterocycles. The van der Waals surface area contributed by atoms with Crippen LogP contribution >= 0.6 is 0 Å². The van der Waals surface area contributed by atoms with Crippen LogP contribution in [0.15, 0.2) is 66.0 Å². The van der Waals surface area contributed by atoms with Crippen molar-refractivity contribution in [3.8, 4) is 11.3 Å². The summed E-state index contributed by atoms with van der Waals surface area (Å²) >= 11 is 0. The van der Waals surface area contributed by atoms with Crippen LogP contribution < -0.4 is 5.32 Å². The second-order valence-corrected chi connectivity index (χ2v) is 8.75. The van der Waals surface area contributed by atoms with Gasteiger partial charge in [-0.15, -0.1) is 0 Å². The number of hydrogen-bond donors (Lipinski definition) is 1. The Hall–Kier alpha value is -4.04. The molecule has 2 aromatic heterocycles. The summed E-state index contributed by atoms with van der Waals surface area (Å²) in [5.41, 5.74) is 6.46. The fourth-order valence-electron chi connectivity index (χ4n) is 3.93. The molecule has 1 aliphatic rings. The van der Waals surface area contributed by atoms with E-state index < -0.39 is 0 Å². The molecule has 0 atom stereocenters. The van der Waals surface area contributed by atoms with Gasteiger partial charge in [0.15, 0.2) is 11.5 Å². The summed E-state index contributed by atoms with van der Waals surface area (Å²) in [6.07, 6.45) is 7.56. The molecule has 0 aliphatic carbocycles. The molecule has 34 heavy (non-hydrogen) atoms. The van der Waals surface area contributed by atoms with E-state index in [1.165, 1.54) is 5.56 Å². The Kier molecular flexibility index (Phi) is 5.81. The first-order chi connectivity index (χ1) is 16.5. The number of nitrogens with one attached hydrogen (secondary N) is 1. The number of nitrogens with zero attached hydrogens (tertiary/aromatic N) is 6. The van der Waals surface area contributed by atoms with Crippen LogP contribution in [0.1, 0.15) is 21.5 Å². The number of anilines is 2. The largest absolute Gasteiger partial charge is 0.340 e. The predicted molar refractivity (Wildman–Crippen MR) is 135 cm³/mol. The number of aliphatic imine (C=N–C) groups is 1. The SMILES string of the molecule is CN(C)CCN(C)C(=O)c1ccc(Nc2nc(-c3ccc4c(c3)CN=C4)cn3ccnc23)cc1. The first-order valence-corrected chi connectivity index (χ1v) is 11.2. The molecule has 2 aromatic carbocycles. The predicted octanol–water partition coefficient (Wildman–Crippen LogP) is 3.71. The lowest BCUT2D eigenvalue weighted by Gasteiger charge is -2.20. The molecule has 8 nitrogen and oxygen atoms in total. The van der Waals surface area contributed by atoms with Crippen LogP contribution in [0.4, 0.5) is 11.5 Å². The lowest BCUT2D eigenvalue weighted by Crippen LogP contribution is -2.33. The van der Waals surface area contributed by atoms with Crippen LogP contribution in [0.2, 0.25) is 0 Å². The summed E-state index contributed by atoms with van der Waals surface area (Å²) in [4.78, 5) is 30.2. The number of hydrogen-bond acceptors (Lipinski definition) is 6. The van der Waals surface area contributed by atoms with E-state index in [1.54, 1.807) is 11.1 Å². The number of rotatable bonds is 7. The first-order valence-electron chi connectivity index (χ1n) is 11.2. The lowest BCUT2D eigenvalue weighted by molar-refractivity contribution is 0.0786. The third-order valence-corrected chi connectivity index (χ3v) is 5.93. The number of aromatic nitrogens is 3. The number of fused-ring (bicyclic) bond motifs is 2. The Morgan fingerprint density at radius 2 is 1.91 bits per heavy atom. The Morgan fingerprint density at radius 3 is 2.71 bits per heavy atom. The quantitative estimate of drug-likeness (QED) is 0.462. The zero-order valence-electron chi connectivity index (χ0n) is 19.6. The molecule has 0 spiro atoms. The van der Waals surface area contributed by atoms with Crippen molar-refractivity contribution in [1.29, 1.82) is 0 Å². The number of imidazole rings is 1. The molecule has 0 saturated carbocycles. The van der Waals surface area contributed by atoms with Gasteiger partial charge in [-0.2, -0.15) is 0 Å². The van der Waals surface area contributed by atoms with Gasteiger partial charge in [-0.05, 0) is 55.6 Å². The van der Waals surface area contributed by atoms with E-state index in [4.69, 9.17) is 4.98 Å². The molecule has 4 aromatic rings. The van der Waals surface area contributed by atoms with Crippen LogP contribution in [-0.4, -0.2) is 70.5 Å². The van der Waals surface area contributed by atoms with Crippen molar-refractivity contribution in [3.63, 3.8) is 0 Å². The molecule has 172 valence electrons. The van der Waals surface area contributed by atoms with Gasteiger partial charge in [-0.3, -0.25) is 9.79 Å². The molecule has 8 heteroatoms. The Bertz CT molecular complexity index is 1370. The van der Waals surface area contributed by atoms with Crippen molar-refractivity contribution in [3.05, 3.63) is 77.7 Å². The summed E-state index contributed by atoms with van der Waals surface area (Å²) in [7, 11) is 5.82. The van der Waals surface area contributed by atoms with Gasteiger partial charge in [0, 0.05) is 61.8 Å². The van der Waals surface area contributed by atoms with Gasteiger partial charge in [-0.1, -0.05) is 12.1 Å². The molecule has 3 heterocycles. The van der Waals surface area contributed by atoms with E-state index in [9.17, 15) is 4.79 Å². The molecule has 0 fully saturated rings. The summed E-state index contributed by atoms with van der Waals surface area (Å²) in [6.45, 7) is 2.20. The Morgan fingerprint density at radius 1 is 1.09 bits per heavy atom. The number of carbonyl (C=O) groups excluding carboxylic acids is 1. The van der Waals surface area contributed by atoms with E-state index in [1.807, 2.05) is 68.4 Å². The van der Waals surface area contributed by atoms with Crippen LogP contribution in [-0.2, 0) is 6.54 Å². The zero-order valence-corrected chi connectivity index (χ0v) is 19.6. The van der Waals surface area contributed by atoms with E-state index in [-0.39, 0.29) is 5.91 Å². The minimum atomic E-state index is 0.00441. The summed E-state index contributed by atoms with van der Waals surface area (Å²) in [6, 6.07) is 13.8. The smallest absolute Gasteiger partial charge is 0.253 e. The number of benzene rings is 2. The second-order valence-electron chi connectivity index (χ2n) is 8.75. The second kappa shape index (κ2) is 9.07. The number of likely N-dealkylation sites (N-methyl/N-ethyl adjacent to an activating group) is 2. The number of amides is 1. The van der Waals surface area contributed by atoms with E-state index in [0.717, 1.165) is 34.7 Å². The lowest BCUT2D eigenvalue weighted by atomic mass is 10.0. The van der Waals surface area contributed by atoms with Crippen LogP contribution in [0.3, 0.4) is 0 Å². The van der Waals surface area contributed by atoms with Crippen molar-refractivity contribution < 1.29 is 4.79 Å². The van der Waals surface area contributed by atoms with Crippen molar-refractivity contribution in [2.75, 3.05) is 39.5 Å². The Balaban J connectivity index is 1.39. The fourth-order valence-corrected chi connectivity index (χ4v) is 3.93. The van der Waals surface area contributed by atoms with Gasteiger partial charge in [-0.25, -0.2) is 9.97 Å². The third-order valence-electron chi connectivity index (χ3n) is 5.93. The van der Waals surface area contributed by atoms with Crippen molar-refractivity contribution in [2.45, 2.75) is 6.54 Å². The van der Waals surface area contributed by atoms with Gasteiger partial charge >= 0.3 is 0 Å². The highest BCUT2D eigenvalue weighted by molar-refractivity contribution is 5.94. The highest BCUT2D eigenvalue weighted by Crippen LogP contribution is 2.27. The highest BCUT2D eigenvalue weighted by atomic mass is 16.2. The minimum Gasteiger partial charge on any atom is -0.340 e. The van der Waals surface area contributed by atoms with E-state index in [0.29, 0.717) is 24.5 Å². The van der Waals surface area contributed by atoms with Crippen LogP contribution in [0.25, 0.3) is 16.9 Å². The molecular weight excluding hydrogens is 426 g/mol. The maximum atomic E-state index is 12.7. The Labute approximate surface area is 198 Å². The molecule has 0 radical (unpaired) electrons. The third kappa shape index (κ3) is 4.40. The van der Waals surface area contributed by atoms with E-state index in [2.05, 4.69) is 38.4 Å². The topological polar surface area (TPSA) is 78.1 Å². The molecule has 1 N–H and O–H groups in total. The number of carbonyl (C=O) groups is 1. The molecule has 5 rings (SSSR count). The first kappa shape index (κ1) is 21.8. The van der Waals surface area contributed by atoms with Gasteiger partial charge in [0.25, 0.3) is 5.91 Å². The van der Waals surface area contributed by atoms with Crippen molar-refractivity contribution in [1.82, 2.24) is 24.2 Å². The standard InChI is InChI=1S/C26H27N7O/c1-31(2)12-13-32(3)26(34)18-6-8-22(9-7-18)29-24-25-28-10-11-33(25)17-23(30-24)19-4-5-20-15-27-16-21(20)14-19/h4-11,14-15,17H,12-13,16H2,1-3H3,(H,29,30). The maximum Gasteiger partial charge on any atom is 0.253 e. The van der Waals surface area contributed by atoms with Crippen LogP contribution in [0.5, 0.6) is 0 Å². The van der Waals surface area contributed by atoms with Gasteiger partial charge in [0.1, 0.15) is 0 Å². The highest BCUT2D eigenvalue weighted by Gasteiger charge is 2.14. The molecule has 1 amide bonds. The molecule has 0 unspecified atom stereocenters. The molecule has 0 bridgehead atoms. The minimum absolute atomic E-state index is 0.00441. The zero-order chi connectivity index (χ0) is 23.7. The van der Waals surface area contributed by atoms with Crippen LogP contribution in [0, 0.1) is 0 Å². The average molecular weight is 454 g/mol. The monoisotopic (exact) mass is 453 g/mol. The summed E-state index contributed by atoms with van der Waals surface area (Å²) < 4.78 is 1.96. The van der Waals surface area contributed by atoms with Crippen molar-refractivity contribution >= 4 is 29.3 Å². The maximum absolute atomic E-state index is 12.7. The summed E-state index contributed by atoms with van der Waals surface area (Å²) in [5.74, 6) is 0.659. The summed E-state index contributed by atoms with van der Waals surface area (Å²) in [5, 5.41) is 3.38. The van der Waals surface area contributed by atoms with Gasteiger partial charge in [0.05, 0.1) is 12.2 Å². The molecule has 0 saturated heterocycles. The normalized spacial score (nSPS) is 12.4. The van der Waals surface area contributed by atoms with Crippen molar-refractivity contribution in [2.24, 2.45) is 4.99 Å². The van der Waals surface area contributed by atoms with E-state index >= 15 is 0 Å². The molecular formula is C26H27N7O. The van der Waals surface area contributed by atoms with Gasteiger partial charge in [0.2, 0.25) is 0 Å². The fraction of sp³-hybridized carbons (Fsp3) is 0.231.